The fourth-order valence-electron chi connectivity index (χ4n) is 4.68. The summed E-state index contributed by atoms with van der Waals surface area (Å²) in [7, 11) is -3.56. The number of likely N-dealkylation sites (tertiary alicyclic amines) is 1. The Bertz CT molecular complexity index is 1590. The molecule has 2 aliphatic heterocycles. The van der Waals surface area contributed by atoms with E-state index in [9.17, 15) is 18.3 Å². The number of benzene rings is 3. The number of nitrogens with zero attached hydrogens (tertiary/aromatic N) is 3. The number of aromatic nitrogens is 1. The third-order valence-corrected chi connectivity index (χ3v) is 9.49. The zero-order chi connectivity index (χ0) is 24.2. The molecule has 9 heteroatoms. The number of thiazole rings is 1. The lowest BCUT2D eigenvalue weighted by atomic mass is 9.91. The van der Waals surface area contributed by atoms with Crippen molar-refractivity contribution in [3.8, 4) is 0 Å². The monoisotopic (exact) mass is 505 g/mol. The Kier molecular flexibility index (Phi) is 5.45. The number of sulfonamides is 1. The first-order valence-electron chi connectivity index (χ1n) is 11.4. The van der Waals surface area contributed by atoms with Crippen molar-refractivity contribution in [3.63, 3.8) is 0 Å². The molecule has 2 aliphatic rings. The summed E-state index contributed by atoms with van der Waals surface area (Å²) >= 11 is 1.42. The molecule has 1 amide bonds. The van der Waals surface area contributed by atoms with Crippen molar-refractivity contribution in [1.82, 2.24) is 14.2 Å². The second kappa shape index (κ2) is 8.53. The summed E-state index contributed by atoms with van der Waals surface area (Å²) in [6.45, 7) is 1.43. The number of aliphatic hydroxyl groups excluding tert-OH is 1. The maximum absolute atomic E-state index is 13.1. The lowest BCUT2D eigenvalue weighted by Gasteiger charge is -2.42. The molecule has 4 aromatic rings. The van der Waals surface area contributed by atoms with Crippen LogP contribution in [0.3, 0.4) is 0 Å². The Morgan fingerprint density at radius 3 is 2.49 bits per heavy atom. The molecule has 0 bridgehead atoms. The van der Waals surface area contributed by atoms with Crippen molar-refractivity contribution in [2.24, 2.45) is 0 Å². The molecule has 3 heterocycles. The third-order valence-electron chi connectivity index (χ3n) is 6.91. The van der Waals surface area contributed by atoms with Gasteiger partial charge in [-0.3, -0.25) is 4.79 Å². The van der Waals surface area contributed by atoms with Gasteiger partial charge >= 0.3 is 0 Å². The summed E-state index contributed by atoms with van der Waals surface area (Å²) < 4.78 is 28.3. The molecule has 0 aliphatic carbocycles. The van der Waals surface area contributed by atoms with Gasteiger partial charge in [-0.1, -0.05) is 42.5 Å². The van der Waals surface area contributed by atoms with Crippen LogP contribution in [-0.4, -0.2) is 66.4 Å². The van der Waals surface area contributed by atoms with E-state index < -0.39 is 15.9 Å². The van der Waals surface area contributed by atoms with Crippen LogP contribution < -0.4 is 0 Å². The van der Waals surface area contributed by atoms with Crippen molar-refractivity contribution in [2.45, 2.75) is 10.8 Å². The molecule has 1 atom stereocenters. The first-order valence-corrected chi connectivity index (χ1v) is 13.7. The molecule has 7 nitrogen and oxygen atoms in total. The molecule has 6 rings (SSSR count). The molecule has 2 fully saturated rings. The topological polar surface area (TPSA) is 90.8 Å². The summed E-state index contributed by atoms with van der Waals surface area (Å²) in [6, 6.07) is 18.8. The number of aliphatic hydroxyl groups is 1. The lowest BCUT2D eigenvalue weighted by molar-refractivity contribution is -0.135. The average Bonchev–Trinajstić information content (AvgIpc) is 3.28. The van der Waals surface area contributed by atoms with E-state index in [0.29, 0.717) is 26.2 Å². The Balaban J connectivity index is 1.12. The van der Waals surface area contributed by atoms with Crippen molar-refractivity contribution in [1.29, 1.82) is 0 Å². The molecule has 0 spiro atoms. The molecule has 3 aromatic carbocycles. The van der Waals surface area contributed by atoms with Gasteiger partial charge in [0.05, 0.1) is 33.1 Å². The molecule has 1 aromatic heterocycles. The van der Waals surface area contributed by atoms with Gasteiger partial charge in [0.15, 0.2) is 0 Å². The maximum atomic E-state index is 13.1. The second-order valence-electron chi connectivity index (χ2n) is 9.00. The standard InChI is InChI=1S/C26H23N3O4S2/c30-15-23(19-6-5-17-3-1-2-4-18(17)9-19)26(31)28-11-20(12-28)21-13-29(14-21)35(32,33)22-7-8-24-25(10-22)34-16-27-24/h1-10,16,23,30H,11-15H2. The van der Waals surface area contributed by atoms with Gasteiger partial charge in [-0.25, -0.2) is 13.4 Å². The quantitative estimate of drug-likeness (QED) is 0.420. The highest BCUT2D eigenvalue weighted by Gasteiger charge is 2.39. The first kappa shape index (κ1) is 22.4. The minimum atomic E-state index is -3.56. The summed E-state index contributed by atoms with van der Waals surface area (Å²) in [5.74, 6) is -0.708. The molecule has 35 heavy (non-hydrogen) atoms. The van der Waals surface area contributed by atoms with E-state index in [4.69, 9.17) is 0 Å². The van der Waals surface area contributed by atoms with E-state index in [1.165, 1.54) is 15.6 Å². The van der Waals surface area contributed by atoms with Gasteiger partial charge in [-0.2, -0.15) is 4.31 Å². The minimum absolute atomic E-state index is 0.103. The zero-order valence-corrected chi connectivity index (χ0v) is 20.4. The van der Waals surface area contributed by atoms with Crippen LogP contribution in [0, 0.1) is 0 Å². The molecule has 1 unspecified atom stereocenters. The number of hydrogen-bond acceptors (Lipinski definition) is 6. The average molecular weight is 506 g/mol. The van der Waals surface area contributed by atoms with Crippen LogP contribution in [0.15, 0.2) is 82.2 Å². The largest absolute Gasteiger partial charge is 0.395 e. The van der Waals surface area contributed by atoms with Gasteiger partial charge in [0, 0.05) is 26.2 Å². The predicted molar refractivity (Wildman–Crippen MR) is 136 cm³/mol. The molecule has 0 saturated carbocycles. The van der Waals surface area contributed by atoms with Gasteiger partial charge in [-0.15, -0.1) is 11.3 Å². The van der Waals surface area contributed by atoms with Crippen LogP contribution in [0.25, 0.3) is 21.0 Å². The van der Waals surface area contributed by atoms with Crippen LogP contribution in [0.2, 0.25) is 0 Å². The molecule has 0 radical (unpaired) electrons. The smallest absolute Gasteiger partial charge is 0.243 e. The fourth-order valence-corrected chi connectivity index (χ4v) is 6.93. The lowest BCUT2D eigenvalue weighted by Crippen LogP contribution is -2.52. The second-order valence-corrected chi connectivity index (χ2v) is 11.8. The summed E-state index contributed by atoms with van der Waals surface area (Å²) in [5.41, 5.74) is 5.49. The first-order chi connectivity index (χ1) is 16.9. The highest BCUT2D eigenvalue weighted by molar-refractivity contribution is 7.89. The Hall–Kier alpha value is -3.11. The van der Waals surface area contributed by atoms with Gasteiger partial charge in [0.2, 0.25) is 15.9 Å². The van der Waals surface area contributed by atoms with Crippen LogP contribution in [-0.2, 0) is 14.8 Å². The van der Waals surface area contributed by atoms with E-state index in [1.54, 1.807) is 28.6 Å². The number of carbonyl (C=O) groups excluding carboxylic acids is 1. The molecule has 178 valence electrons. The predicted octanol–water partition coefficient (Wildman–Crippen LogP) is 3.37. The number of amides is 1. The van der Waals surface area contributed by atoms with Crippen LogP contribution in [0.4, 0.5) is 0 Å². The molecular formula is C26H23N3O4S2. The van der Waals surface area contributed by atoms with Crippen LogP contribution in [0.5, 0.6) is 0 Å². The summed E-state index contributed by atoms with van der Waals surface area (Å²) in [6.07, 6.45) is 0. The van der Waals surface area contributed by atoms with E-state index in [-0.39, 0.29) is 17.4 Å². The number of hydrogen-bond donors (Lipinski definition) is 1. The van der Waals surface area contributed by atoms with Crippen LogP contribution >= 0.6 is 11.3 Å². The Morgan fingerprint density at radius 1 is 0.971 bits per heavy atom. The third kappa shape index (κ3) is 3.84. The molecule has 1 N–H and O–H groups in total. The normalized spacial score (nSPS) is 17.5. The van der Waals surface area contributed by atoms with E-state index in [1.807, 2.05) is 42.5 Å². The zero-order valence-electron chi connectivity index (χ0n) is 18.8. The number of fused-ring (bicyclic) bond motifs is 2. The fraction of sp³-hybridized carbons (Fsp3) is 0.231. The summed E-state index contributed by atoms with van der Waals surface area (Å²) in [5, 5.41) is 12.1. The van der Waals surface area contributed by atoms with Crippen molar-refractivity contribution < 1.29 is 18.3 Å². The van der Waals surface area contributed by atoms with E-state index in [2.05, 4.69) is 4.98 Å². The van der Waals surface area contributed by atoms with Crippen LogP contribution in [0.1, 0.15) is 11.5 Å². The van der Waals surface area contributed by atoms with Gasteiger partial charge in [0.25, 0.3) is 0 Å². The van der Waals surface area contributed by atoms with Crippen molar-refractivity contribution in [3.05, 3.63) is 82.9 Å². The molecular weight excluding hydrogens is 482 g/mol. The highest BCUT2D eigenvalue weighted by Crippen LogP contribution is 2.33. The Morgan fingerprint density at radius 2 is 1.71 bits per heavy atom. The van der Waals surface area contributed by atoms with Gasteiger partial charge in [-0.05, 0) is 45.7 Å². The number of rotatable bonds is 5. The van der Waals surface area contributed by atoms with Crippen molar-refractivity contribution in [2.75, 3.05) is 32.8 Å². The Labute approximate surface area is 207 Å². The minimum Gasteiger partial charge on any atom is -0.395 e. The van der Waals surface area contributed by atoms with E-state index in [0.717, 1.165) is 37.7 Å². The van der Waals surface area contributed by atoms with Gasteiger partial charge in [0.1, 0.15) is 0 Å². The maximum Gasteiger partial charge on any atom is 0.243 e. The van der Waals surface area contributed by atoms with E-state index >= 15 is 0 Å². The highest BCUT2D eigenvalue weighted by atomic mass is 32.2. The van der Waals surface area contributed by atoms with Crippen molar-refractivity contribution >= 4 is 48.3 Å². The SMILES string of the molecule is O=C(C(CO)c1ccc2ccccc2c1)N1CC(=C2CN(S(=O)(=O)c3ccc4ncsc4c3)C2)C1. The summed E-state index contributed by atoms with van der Waals surface area (Å²) in [4.78, 5) is 19.3. The molecule has 2 saturated heterocycles. The number of carbonyl (C=O) groups is 1. The van der Waals surface area contributed by atoms with Gasteiger partial charge < -0.3 is 10.0 Å².